The molecule has 0 saturated carbocycles. The number of carbonyl (C=O) groups is 2. The molecule has 0 unspecified atom stereocenters. The Labute approximate surface area is 140 Å². The zero-order valence-corrected chi connectivity index (χ0v) is 14.9. The van der Waals surface area contributed by atoms with Crippen LogP contribution in [0.2, 0.25) is 0 Å². The molecule has 1 saturated heterocycles. The van der Waals surface area contributed by atoms with Crippen LogP contribution in [0, 0.1) is 0 Å². The summed E-state index contributed by atoms with van der Waals surface area (Å²) >= 11 is 0. The highest BCUT2D eigenvalue weighted by molar-refractivity contribution is 6.25. The van der Waals surface area contributed by atoms with Crippen molar-refractivity contribution < 1.29 is 14.7 Å². The van der Waals surface area contributed by atoms with Crippen molar-refractivity contribution >= 4 is 11.7 Å². The van der Waals surface area contributed by atoms with Crippen molar-refractivity contribution in [2.75, 3.05) is 13.6 Å². The first-order valence-electron chi connectivity index (χ1n) is 9.28. The highest BCUT2D eigenvalue weighted by Gasteiger charge is 2.33. The molecule has 0 spiro atoms. The molecule has 0 aromatic heterocycles. The number of Topliss-reactive ketones (excluding diaryl/α,β-unsaturated/α-hetero) is 1. The van der Waals surface area contributed by atoms with Crippen LogP contribution in [0.15, 0.2) is 11.3 Å². The van der Waals surface area contributed by atoms with E-state index in [0.717, 1.165) is 12.8 Å². The normalized spacial score (nSPS) is 17.2. The molecule has 1 aliphatic heterocycles. The molecule has 4 heteroatoms. The van der Waals surface area contributed by atoms with Crippen LogP contribution in [0.3, 0.4) is 0 Å². The number of allylic oxidation sites excluding steroid dienone is 1. The molecule has 4 nitrogen and oxygen atoms in total. The molecule has 0 aliphatic carbocycles. The van der Waals surface area contributed by atoms with Gasteiger partial charge < -0.3 is 10.0 Å². The Morgan fingerprint density at radius 1 is 0.913 bits per heavy atom. The van der Waals surface area contributed by atoms with Gasteiger partial charge in [-0.1, -0.05) is 71.1 Å². The van der Waals surface area contributed by atoms with Crippen molar-refractivity contribution in [3.8, 4) is 0 Å². The molecule has 1 N–H and O–H groups in total. The number of likely N-dealkylation sites (N-methyl/N-ethyl adjacent to an activating group) is 1. The number of hydrogen-bond acceptors (Lipinski definition) is 3. The van der Waals surface area contributed by atoms with E-state index < -0.39 is 0 Å². The van der Waals surface area contributed by atoms with E-state index in [0.29, 0.717) is 6.42 Å². The predicted octanol–water partition coefficient (Wildman–Crippen LogP) is 4.54. The third-order valence-corrected chi connectivity index (χ3v) is 4.53. The number of nitrogens with zero attached hydrogens (tertiary/aromatic N) is 1. The predicted molar refractivity (Wildman–Crippen MR) is 93.4 cm³/mol. The van der Waals surface area contributed by atoms with E-state index in [1.807, 2.05) is 0 Å². The molecule has 1 aliphatic rings. The van der Waals surface area contributed by atoms with E-state index in [-0.39, 0.29) is 29.6 Å². The van der Waals surface area contributed by atoms with E-state index in [1.165, 1.54) is 62.7 Å². The van der Waals surface area contributed by atoms with Gasteiger partial charge in [-0.15, -0.1) is 0 Å². The summed E-state index contributed by atoms with van der Waals surface area (Å²) in [5.74, 6) is -0.603. The van der Waals surface area contributed by atoms with Crippen molar-refractivity contribution in [2.45, 2.75) is 84.0 Å². The number of ketones is 1. The van der Waals surface area contributed by atoms with Gasteiger partial charge in [0.1, 0.15) is 11.3 Å². The second kappa shape index (κ2) is 11.3. The van der Waals surface area contributed by atoms with E-state index in [4.69, 9.17) is 0 Å². The molecule has 1 amide bonds. The van der Waals surface area contributed by atoms with Crippen molar-refractivity contribution in [2.24, 2.45) is 0 Å². The topological polar surface area (TPSA) is 57.6 Å². The number of aliphatic hydroxyl groups is 1. The Balaban J connectivity index is 2.05. The number of unbranched alkanes of at least 4 members (excludes halogenated alkanes) is 10. The lowest BCUT2D eigenvalue weighted by atomic mass is 10.0. The average molecular weight is 323 g/mol. The maximum atomic E-state index is 11.7. The van der Waals surface area contributed by atoms with E-state index in [2.05, 4.69) is 6.92 Å². The lowest BCUT2D eigenvalue weighted by Gasteiger charge is -2.05. The van der Waals surface area contributed by atoms with Crippen molar-refractivity contribution in [3.63, 3.8) is 0 Å². The molecule has 132 valence electrons. The van der Waals surface area contributed by atoms with Gasteiger partial charge in [-0.2, -0.15) is 0 Å². The van der Waals surface area contributed by atoms with Crippen LogP contribution >= 0.6 is 0 Å². The van der Waals surface area contributed by atoms with E-state index in [1.54, 1.807) is 7.05 Å². The molecule has 1 rings (SSSR count). The fraction of sp³-hybridized carbons (Fsp3) is 0.789. The zero-order chi connectivity index (χ0) is 17.1. The summed E-state index contributed by atoms with van der Waals surface area (Å²) < 4.78 is 0. The van der Waals surface area contributed by atoms with Crippen LogP contribution in [-0.2, 0) is 9.59 Å². The van der Waals surface area contributed by atoms with Crippen molar-refractivity contribution in [1.29, 1.82) is 0 Å². The minimum absolute atomic E-state index is 0.0135. The lowest BCUT2D eigenvalue weighted by molar-refractivity contribution is -0.123. The third kappa shape index (κ3) is 7.19. The van der Waals surface area contributed by atoms with Gasteiger partial charge in [0.2, 0.25) is 0 Å². The molecular weight excluding hydrogens is 290 g/mol. The van der Waals surface area contributed by atoms with E-state index in [9.17, 15) is 14.7 Å². The average Bonchev–Trinajstić information content (AvgIpc) is 2.77. The Morgan fingerprint density at radius 2 is 1.39 bits per heavy atom. The highest BCUT2D eigenvalue weighted by atomic mass is 16.3. The van der Waals surface area contributed by atoms with Crippen LogP contribution in [-0.4, -0.2) is 35.3 Å². The largest absolute Gasteiger partial charge is 0.511 e. The minimum Gasteiger partial charge on any atom is -0.511 e. The summed E-state index contributed by atoms with van der Waals surface area (Å²) in [6.45, 7) is 2.33. The Kier molecular flexibility index (Phi) is 9.65. The molecule has 1 fully saturated rings. The fourth-order valence-electron chi connectivity index (χ4n) is 3.04. The summed E-state index contributed by atoms with van der Waals surface area (Å²) in [5, 5.41) is 9.96. The molecule has 0 bridgehead atoms. The smallest absolute Gasteiger partial charge is 0.261 e. The minimum atomic E-state index is -0.337. The SMILES string of the molecule is CCCCCCCCCCCCC/C(O)=C1\C(=O)CN(C)C1=O. The molecule has 0 aromatic rings. The number of rotatable bonds is 12. The van der Waals surface area contributed by atoms with Gasteiger partial charge in [-0.25, -0.2) is 0 Å². The summed E-state index contributed by atoms with van der Waals surface area (Å²) in [4.78, 5) is 24.8. The number of hydrogen-bond donors (Lipinski definition) is 1. The van der Waals surface area contributed by atoms with Gasteiger partial charge in [-0.3, -0.25) is 9.59 Å². The first-order chi connectivity index (χ1) is 11.1. The lowest BCUT2D eigenvalue weighted by Crippen LogP contribution is -2.19. The van der Waals surface area contributed by atoms with Gasteiger partial charge >= 0.3 is 0 Å². The fourth-order valence-corrected chi connectivity index (χ4v) is 3.04. The van der Waals surface area contributed by atoms with Crippen LogP contribution < -0.4 is 0 Å². The summed E-state index contributed by atoms with van der Waals surface area (Å²) in [7, 11) is 1.59. The standard InChI is InChI=1S/C19H33NO3/c1-3-4-5-6-7-8-9-10-11-12-13-14-16(21)18-17(22)15-20(2)19(18)23/h21H,3-15H2,1-2H3/b18-16-. The molecule has 0 aromatic carbocycles. The molecule has 1 heterocycles. The zero-order valence-electron chi connectivity index (χ0n) is 14.9. The van der Waals surface area contributed by atoms with Crippen LogP contribution in [0.5, 0.6) is 0 Å². The maximum absolute atomic E-state index is 11.7. The van der Waals surface area contributed by atoms with Crippen LogP contribution in [0.25, 0.3) is 0 Å². The molecular formula is C19H33NO3. The molecule has 0 atom stereocenters. The van der Waals surface area contributed by atoms with Gasteiger partial charge in [0.05, 0.1) is 6.54 Å². The van der Waals surface area contributed by atoms with Crippen molar-refractivity contribution in [1.82, 2.24) is 4.90 Å². The Hall–Kier alpha value is -1.32. The van der Waals surface area contributed by atoms with Crippen LogP contribution in [0.1, 0.15) is 84.0 Å². The first-order valence-corrected chi connectivity index (χ1v) is 9.28. The second-order valence-corrected chi connectivity index (χ2v) is 6.69. The molecule has 23 heavy (non-hydrogen) atoms. The number of likely N-dealkylation sites (tertiary alicyclic amines) is 1. The number of carbonyl (C=O) groups excluding carboxylic acids is 2. The summed E-state index contributed by atoms with van der Waals surface area (Å²) in [6.07, 6.45) is 14.1. The number of amides is 1. The third-order valence-electron chi connectivity index (χ3n) is 4.53. The van der Waals surface area contributed by atoms with Crippen LogP contribution in [0.4, 0.5) is 0 Å². The highest BCUT2D eigenvalue weighted by Crippen LogP contribution is 2.19. The number of aliphatic hydroxyl groups excluding tert-OH is 1. The summed E-state index contributed by atoms with van der Waals surface area (Å²) in [6, 6.07) is 0. The molecule has 0 radical (unpaired) electrons. The van der Waals surface area contributed by atoms with Gasteiger partial charge in [0.15, 0.2) is 5.78 Å². The van der Waals surface area contributed by atoms with E-state index >= 15 is 0 Å². The van der Waals surface area contributed by atoms with Gasteiger partial charge in [0.25, 0.3) is 5.91 Å². The van der Waals surface area contributed by atoms with Crippen molar-refractivity contribution in [3.05, 3.63) is 11.3 Å². The summed E-state index contributed by atoms with van der Waals surface area (Å²) in [5.41, 5.74) is 0.0135. The second-order valence-electron chi connectivity index (χ2n) is 6.69. The monoisotopic (exact) mass is 323 g/mol. The Bertz CT molecular complexity index is 415. The first kappa shape index (κ1) is 19.7. The quantitative estimate of drug-likeness (QED) is 0.248. The van der Waals surface area contributed by atoms with Gasteiger partial charge in [-0.05, 0) is 6.42 Å². The maximum Gasteiger partial charge on any atom is 0.261 e. The van der Waals surface area contributed by atoms with Gasteiger partial charge in [0, 0.05) is 13.5 Å². The Morgan fingerprint density at radius 3 is 1.83 bits per heavy atom.